The van der Waals surface area contributed by atoms with Crippen LogP contribution >= 0.6 is 0 Å². The van der Waals surface area contributed by atoms with Crippen LogP contribution < -0.4 is 0 Å². The Balaban J connectivity index is 2.38. The SMILES string of the molecule is CCC(Cc1cccc2ccccc12)C(=O)O. The van der Waals surface area contributed by atoms with E-state index in [1.165, 1.54) is 5.39 Å². The van der Waals surface area contributed by atoms with Gasteiger partial charge in [-0.2, -0.15) is 0 Å². The molecule has 0 heterocycles. The van der Waals surface area contributed by atoms with Crippen molar-refractivity contribution in [2.24, 2.45) is 5.92 Å². The summed E-state index contributed by atoms with van der Waals surface area (Å²) in [6.07, 6.45) is 1.27. The Kier molecular flexibility index (Phi) is 3.43. The number of carboxylic acid groups (broad SMARTS) is 1. The van der Waals surface area contributed by atoms with Crippen LogP contribution in [0.4, 0.5) is 0 Å². The van der Waals surface area contributed by atoms with E-state index < -0.39 is 5.97 Å². The van der Waals surface area contributed by atoms with E-state index in [2.05, 4.69) is 18.2 Å². The van der Waals surface area contributed by atoms with Gasteiger partial charge in [-0.1, -0.05) is 49.4 Å². The van der Waals surface area contributed by atoms with E-state index in [-0.39, 0.29) is 5.92 Å². The minimum absolute atomic E-state index is 0.291. The molecule has 0 bridgehead atoms. The second-order valence-corrected chi connectivity index (χ2v) is 4.29. The monoisotopic (exact) mass is 228 g/mol. The lowest BCUT2D eigenvalue weighted by molar-refractivity contribution is -0.141. The Bertz CT molecular complexity index is 526. The van der Waals surface area contributed by atoms with Gasteiger partial charge in [0.1, 0.15) is 0 Å². The van der Waals surface area contributed by atoms with E-state index in [1.54, 1.807) is 0 Å². The number of hydrogen-bond acceptors (Lipinski definition) is 1. The first kappa shape index (κ1) is 11.6. The van der Waals surface area contributed by atoms with Gasteiger partial charge in [-0.3, -0.25) is 4.79 Å². The number of carboxylic acids is 1. The highest BCUT2D eigenvalue weighted by molar-refractivity contribution is 5.86. The number of hydrogen-bond donors (Lipinski definition) is 1. The Labute approximate surface area is 101 Å². The van der Waals surface area contributed by atoms with Crippen molar-refractivity contribution < 1.29 is 9.90 Å². The molecular weight excluding hydrogens is 212 g/mol. The second kappa shape index (κ2) is 5.00. The molecule has 2 aromatic rings. The molecule has 2 nitrogen and oxygen atoms in total. The van der Waals surface area contributed by atoms with Crippen molar-refractivity contribution in [2.45, 2.75) is 19.8 Å². The molecular formula is C15H16O2. The molecule has 1 unspecified atom stereocenters. The topological polar surface area (TPSA) is 37.3 Å². The molecule has 0 saturated carbocycles. The fourth-order valence-electron chi connectivity index (χ4n) is 2.14. The molecule has 88 valence electrons. The Morgan fingerprint density at radius 1 is 1.18 bits per heavy atom. The average Bonchev–Trinajstić information content (AvgIpc) is 2.35. The summed E-state index contributed by atoms with van der Waals surface area (Å²) in [4.78, 5) is 11.1. The Morgan fingerprint density at radius 2 is 1.88 bits per heavy atom. The molecule has 0 amide bonds. The first-order chi connectivity index (χ1) is 8.22. The van der Waals surface area contributed by atoms with Crippen LogP contribution in [0.2, 0.25) is 0 Å². The highest BCUT2D eigenvalue weighted by Gasteiger charge is 2.16. The third-order valence-electron chi connectivity index (χ3n) is 3.19. The fraction of sp³-hybridized carbons (Fsp3) is 0.267. The molecule has 0 saturated heterocycles. The van der Waals surface area contributed by atoms with Crippen LogP contribution in [-0.2, 0) is 11.2 Å². The number of aliphatic carboxylic acids is 1. The Morgan fingerprint density at radius 3 is 2.59 bits per heavy atom. The molecule has 2 aromatic carbocycles. The lowest BCUT2D eigenvalue weighted by atomic mass is 9.93. The quantitative estimate of drug-likeness (QED) is 0.869. The molecule has 0 aliphatic carbocycles. The number of rotatable bonds is 4. The highest BCUT2D eigenvalue weighted by atomic mass is 16.4. The van der Waals surface area contributed by atoms with Crippen molar-refractivity contribution in [1.82, 2.24) is 0 Å². The summed E-state index contributed by atoms with van der Waals surface area (Å²) in [5.41, 5.74) is 1.12. The van der Waals surface area contributed by atoms with Gasteiger partial charge in [0.25, 0.3) is 0 Å². The first-order valence-electron chi connectivity index (χ1n) is 5.91. The van der Waals surface area contributed by atoms with E-state index in [4.69, 9.17) is 5.11 Å². The predicted molar refractivity (Wildman–Crippen MR) is 69.1 cm³/mol. The molecule has 1 N–H and O–H groups in total. The molecule has 17 heavy (non-hydrogen) atoms. The van der Waals surface area contributed by atoms with Crippen LogP contribution in [-0.4, -0.2) is 11.1 Å². The summed E-state index contributed by atoms with van der Waals surface area (Å²) in [6, 6.07) is 14.2. The third kappa shape index (κ3) is 2.47. The van der Waals surface area contributed by atoms with E-state index in [0.29, 0.717) is 12.8 Å². The standard InChI is InChI=1S/C15H16O2/c1-2-11(15(16)17)10-13-8-5-7-12-6-3-4-9-14(12)13/h3-9,11H,2,10H2,1H3,(H,16,17). The first-order valence-corrected chi connectivity index (χ1v) is 5.91. The van der Waals surface area contributed by atoms with Gasteiger partial charge < -0.3 is 5.11 Å². The van der Waals surface area contributed by atoms with Gasteiger partial charge in [0, 0.05) is 0 Å². The van der Waals surface area contributed by atoms with Crippen molar-refractivity contribution in [3.63, 3.8) is 0 Å². The zero-order valence-electron chi connectivity index (χ0n) is 9.89. The number of carbonyl (C=O) groups is 1. The summed E-state index contributed by atoms with van der Waals surface area (Å²) < 4.78 is 0. The lowest BCUT2D eigenvalue weighted by Crippen LogP contribution is -2.15. The van der Waals surface area contributed by atoms with Crippen molar-refractivity contribution in [1.29, 1.82) is 0 Å². The fourth-order valence-corrected chi connectivity index (χ4v) is 2.14. The minimum atomic E-state index is -0.708. The molecule has 0 radical (unpaired) electrons. The van der Waals surface area contributed by atoms with Crippen molar-refractivity contribution >= 4 is 16.7 Å². The van der Waals surface area contributed by atoms with Crippen LogP contribution in [0.25, 0.3) is 10.8 Å². The molecule has 0 fully saturated rings. The molecule has 0 aliphatic heterocycles. The molecule has 0 aliphatic rings. The van der Waals surface area contributed by atoms with E-state index >= 15 is 0 Å². The van der Waals surface area contributed by atoms with Gasteiger partial charge in [0.15, 0.2) is 0 Å². The zero-order valence-corrected chi connectivity index (χ0v) is 9.89. The normalized spacial score (nSPS) is 12.5. The third-order valence-corrected chi connectivity index (χ3v) is 3.19. The van der Waals surface area contributed by atoms with E-state index in [1.807, 2.05) is 31.2 Å². The van der Waals surface area contributed by atoms with Crippen LogP contribution in [0.5, 0.6) is 0 Å². The van der Waals surface area contributed by atoms with Gasteiger partial charge in [0.05, 0.1) is 5.92 Å². The predicted octanol–water partition coefficient (Wildman–Crippen LogP) is 3.49. The summed E-state index contributed by atoms with van der Waals surface area (Å²) in [6.45, 7) is 1.92. The molecule has 0 spiro atoms. The summed E-state index contributed by atoms with van der Waals surface area (Å²) in [5, 5.41) is 11.4. The second-order valence-electron chi connectivity index (χ2n) is 4.29. The number of benzene rings is 2. The van der Waals surface area contributed by atoms with E-state index in [0.717, 1.165) is 10.9 Å². The highest BCUT2D eigenvalue weighted by Crippen LogP contribution is 2.22. The molecule has 2 rings (SSSR count). The van der Waals surface area contributed by atoms with Gasteiger partial charge >= 0.3 is 5.97 Å². The summed E-state index contributed by atoms with van der Waals surface area (Å²) in [7, 11) is 0. The van der Waals surface area contributed by atoms with Crippen LogP contribution in [0.15, 0.2) is 42.5 Å². The Hall–Kier alpha value is -1.83. The minimum Gasteiger partial charge on any atom is -0.481 e. The van der Waals surface area contributed by atoms with Gasteiger partial charge in [-0.15, -0.1) is 0 Å². The van der Waals surface area contributed by atoms with Crippen LogP contribution in [0.1, 0.15) is 18.9 Å². The lowest BCUT2D eigenvalue weighted by Gasteiger charge is -2.11. The number of fused-ring (bicyclic) bond motifs is 1. The molecule has 1 atom stereocenters. The maximum atomic E-state index is 11.1. The van der Waals surface area contributed by atoms with Crippen molar-refractivity contribution in [3.8, 4) is 0 Å². The zero-order chi connectivity index (χ0) is 12.3. The summed E-state index contributed by atoms with van der Waals surface area (Å²) >= 11 is 0. The maximum absolute atomic E-state index is 11.1. The molecule has 2 heteroatoms. The average molecular weight is 228 g/mol. The van der Waals surface area contributed by atoms with Crippen molar-refractivity contribution in [2.75, 3.05) is 0 Å². The van der Waals surface area contributed by atoms with Gasteiger partial charge in [-0.25, -0.2) is 0 Å². The van der Waals surface area contributed by atoms with Gasteiger partial charge in [-0.05, 0) is 29.2 Å². The van der Waals surface area contributed by atoms with Crippen molar-refractivity contribution in [3.05, 3.63) is 48.0 Å². The van der Waals surface area contributed by atoms with E-state index in [9.17, 15) is 4.79 Å². The smallest absolute Gasteiger partial charge is 0.306 e. The van der Waals surface area contributed by atoms with Crippen LogP contribution in [0, 0.1) is 5.92 Å². The largest absolute Gasteiger partial charge is 0.481 e. The van der Waals surface area contributed by atoms with Crippen LogP contribution in [0.3, 0.4) is 0 Å². The molecule has 0 aromatic heterocycles. The van der Waals surface area contributed by atoms with Gasteiger partial charge in [0.2, 0.25) is 0 Å². The maximum Gasteiger partial charge on any atom is 0.306 e. The summed E-state index contributed by atoms with van der Waals surface area (Å²) in [5.74, 6) is -0.999.